The minimum Gasteiger partial charge on any atom is -0.478 e. The van der Waals surface area contributed by atoms with E-state index in [1.165, 1.54) is 32.3 Å². The van der Waals surface area contributed by atoms with Crippen LogP contribution in [0.15, 0.2) is 42.7 Å². The van der Waals surface area contributed by atoms with Crippen molar-refractivity contribution < 1.29 is 27.5 Å². The maximum atomic E-state index is 12.6. The molecule has 0 radical (unpaired) electrons. The van der Waals surface area contributed by atoms with Crippen LogP contribution in [-0.4, -0.2) is 27.4 Å². The van der Waals surface area contributed by atoms with E-state index in [0.717, 1.165) is 24.3 Å². The van der Waals surface area contributed by atoms with E-state index < -0.39 is 29.2 Å². The first-order chi connectivity index (χ1) is 12.4. The maximum absolute atomic E-state index is 12.6. The third-order valence-electron chi connectivity index (χ3n) is 3.51. The number of nitrogens with two attached hydrogens (primary N) is 1. The molecule has 0 saturated carbocycles. The van der Waals surface area contributed by atoms with Crippen LogP contribution in [0.1, 0.15) is 29.8 Å². The Kier molecular flexibility index (Phi) is 5.76. The fourth-order valence-electron chi connectivity index (χ4n) is 2.11. The van der Waals surface area contributed by atoms with E-state index in [9.17, 15) is 22.8 Å². The number of hydrogen-bond donors (Lipinski definition) is 1. The van der Waals surface area contributed by atoms with Gasteiger partial charge in [0, 0.05) is 12.4 Å². The summed E-state index contributed by atoms with van der Waals surface area (Å²) in [6, 6.07) is 5.07. The number of benzene rings is 1. The summed E-state index contributed by atoms with van der Waals surface area (Å²) in [7, 11) is 0. The average Bonchev–Trinajstić information content (AvgIpc) is 2.59. The van der Waals surface area contributed by atoms with Gasteiger partial charge in [0.2, 0.25) is 0 Å². The van der Waals surface area contributed by atoms with Crippen molar-refractivity contribution in [2.24, 2.45) is 5.84 Å². The van der Waals surface area contributed by atoms with Gasteiger partial charge in [-0.25, -0.2) is 10.9 Å². The maximum Gasteiger partial charge on any atom is 0.416 e. The Morgan fingerprint density at radius 3 is 2.26 bits per heavy atom. The number of nitrogens with zero attached hydrogens (tertiary/aromatic N) is 2. The van der Waals surface area contributed by atoms with Crippen molar-refractivity contribution in [2.75, 3.05) is 0 Å². The molecular formula is C17H15ClF3N3O3. The summed E-state index contributed by atoms with van der Waals surface area (Å²) in [5.74, 6) is 3.82. The summed E-state index contributed by atoms with van der Waals surface area (Å²) in [5.41, 5.74) is -2.53. The topological polar surface area (TPSA) is 85.5 Å². The van der Waals surface area contributed by atoms with Crippen LogP contribution in [0.2, 0.25) is 5.02 Å². The fourth-order valence-corrected chi connectivity index (χ4v) is 2.31. The predicted octanol–water partition coefficient (Wildman–Crippen LogP) is 3.45. The number of hydrogen-bond acceptors (Lipinski definition) is 5. The number of imide groups is 1. The fraction of sp³-hybridized carbons (Fsp3) is 0.235. The van der Waals surface area contributed by atoms with Crippen LogP contribution in [0.25, 0.3) is 0 Å². The lowest BCUT2D eigenvalue weighted by atomic mass is 10.1. The average molecular weight is 402 g/mol. The van der Waals surface area contributed by atoms with Crippen molar-refractivity contribution in [1.29, 1.82) is 0 Å². The van der Waals surface area contributed by atoms with Gasteiger partial charge in [0.15, 0.2) is 5.60 Å². The van der Waals surface area contributed by atoms with Gasteiger partial charge in [0.1, 0.15) is 5.75 Å². The summed E-state index contributed by atoms with van der Waals surface area (Å²) in [5, 5.41) is 0.345. The summed E-state index contributed by atoms with van der Waals surface area (Å²) in [6.07, 6.45) is -1.97. The second-order valence-corrected chi connectivity index (χ2v) is 6.38. The molecule has 0 aliphatic heterocycles. The van der Waals surface area contributed by atoms with Crippen molar-refractivity contribution in [3.8, 4) is 5.75 Å². The van der Waals surface area contributed by atoms with Crippen LogP contribution in [0.3, 0.4) is 0 Å². The van der Waals surface area contributed by atoms with Crippen LogP contribution in [0.4, 0.5) is 13.2 Å². The van der Waals surface area contributed by atoms with Crippen molar-refractivity contribution >= 4 is 23.4 Å². The molecule has 10 heteroatoms. The highest BCUT2D eigenvalue weighted by molar-refractivity contribution is 6.34. The van der Waals surface area contributed by atoms with E-state index >= 15 is 0 Å². The van der Waals surface area contributed by atoms with Gasteiger partial charge < -0.3 is 4.74 Å². The van der Waals surface area contributed by atoms with Gasteiger partial charge in [0.25, 0.3) is 11.8 Å². The molecule has 1 aromatic heterocycles. The molecule has 0 fully saturated rings. The van der Waals surface area contributed by atoms with E-state index in [4.69, 9.17) is 22.2 Å². The lowest BCUT2D eigenvalue weighted by Crippen LogP contribution is -2.54. The zero-order chi connectivity index (χ0) is 20.4. The number of carbonyl (C=O) groups excluding carboxylic acids is 2. The highest BCUT2D eigenvalue weighted by Gasteiger charge is 2.37. The van der Waals surface area contributed by atoms with Gasteiger partial charge in [0.05, 0.1) is 16.1 Å². The molecule has 6 nitrogen and oxygen atoms in total. The molecule has 1 aromatic carbocycles. The Morgan fingerprint density at radius 2 is 1.74 bits per heavy atom. The predicted molar refractivity (Wildman–Crippen MR) is 90.8 cm³/mol. The number of aromatic nitrogens is 1. The minimum atomic E-state index is -4.49. The second kappa shape index (κ2) is 7.53. The SMILES string of the molecule is CC(C)(Oc1ccc(C(F)(F)F)cc1)C(=O)N(N)C(=O)c1ccncc1Cl. The minimum absolute atomic E-state index is 0.00384. The molecule has 0 unspecified atom stereocenters. The number of pyridine rings is 1. The van der Waals surface area contributed by atoms with E-state index in [1.54, 1.807) is 0 Å². The zero-order valence-corrected chi connectivity index (χ0v) is 15.0. The normalized spacial score (nSPS) is 11.8. The highest BCUT2D eigenvalue weighted by atomic mass is 35.5. The van der Waals surface area contributed by atoms with Crippen molar-refractivity contribution in [2.45, 2.75) is 25.6 Å². The van der Waals surface area contributed by atoms with Gasteiger partial charge in [-0.1, -0.05) is 11.6 Å². The van der Waals surface area contributed by atoms with Gasteiger partial charge in [-0.3, -0.25) is 14.6 Å². The third kappa shape index (κ3) is 4.75. The lowest BCUT2D eigenvalue weighted by molar-refractivity contribution is -0.143. The number of ether oxygens (including phenoxy) is 1. The first-order valence-corrected chi connectivity index (χ1v) is 7.90. The van der Waals surface area contributed by atoms with E-state index in [2.05, 4.69) is 4.98 Å². The molecule has 0 aliphatic rings. The number of hydrazine groups is 1. The molecular weight excluding hydrogens is 387 g/mol. The number of halogens is 4. The summed E-state index contributed by atoms with van der Waals surface area (Å²) in [4.78, 5) is 28.6. The Hall–Kier alpha value is -2.65. The number of rotatable bonds is 4. The lowest BCUT2D eigenvalue weighted by Gasteiger charge is -2.28. The van der Waals surface area contributed by atoms with Gasteiger partial charge >= 0.3 is 6.18 Å². The monoisotopic (exact) mass is 401 g/mol. The zero-order valence-electron chi connectivity index (χ0n) is 14.2. The van der Waals surface area contributed by atoms with Crippen molar-refractivity contribution in [3.63, 3.8) is 0 Å². The third-order valence-corrected chi connectivity index (χ3v) is 3.81. The highest BCUT2D eigenvalue weighted by Crippen LogP contribution is 2.31. The molecule has 144 valence electrons. The first kappa shape index (κ1) is 20.7. The van der Waals surface area contributed by atoms with Crippen LogP contribution < -0.4 is 10.6 Å². The standard InChI is InChI=1S/C17H15ClF3N3O3/c1-16(2,27-11-5-3-10(4-6-11)17(19,20)21)15(26)24(22)14(25)12-7-8-23-9-13(12)18/h3-9H,22H2,1-2H3. The second-order valence-electron chi connectivity index (χ2n) is 5.97. The van der Waals surface area contributed by atoms with Crippen molar-refractivity contribution in [3.05, 3.63) is 58.9 Å². The van der Waals surface area contributed by atoms with Crippen molar-refractivity contribution in [1.82, 2.24) is 9.99 Å². The number of carbonyl (C=O) groups is 2. The Balaban J connectivity index is 2.16. The van der Waals surface area contributed by atoms with Crippen LogP contribution in [0.5, 0.6) is 5.75 Å². The number of amides is 2. The first-order valence-electron chi connectivity index (χ1n) is 7.53. The summed E-state index contributed by atoms with van der Waals surface area (Å²) < 4.78 is 43.2. The van der Waals surface area contributed by atoms with Crippen LogP contribution >= 0.6 is 11.6 Å². The Labute approximate surface area is 157 Å². The Morgan fingerprint density at radius 1 is 1.15 bits per heavy atom. The summed E-state index contributed by atoms with van der Waals surface area (Å²) in [6.45, 7) is 2.66. The molecule has 0 saturated heterocycles. The molecule has 2 N–H and O–H groups in total. The molecule has 2 aromatic rings. The molecule has 0 bridgehead atoms. The van der Waals surface area contributed by atoms with E-state index in [0.29, 0.717) is 5.01 Å². The quantitative estimate of drug-likeness (QED) is 0.482. The largest absolute Gasteiger partial charge is 0.478 e. The van der Waals surface area contributed by atoms with Crippen LogP contribution in [0, 0.1) is 0 Å². The van der Waals surface area contributed by atoms with Gasteiger partial charge in [-0.05, 0) is 44.2 Å². The van der Waals surface area contributed by atoms with E-state index in [1.807, 2.05) is 0 Å². The Bertz CT molecular complexity index is 854. The van der Waals surface area contributed by atoms with Crippen LogP contribution in [-0.2, 0) is 11.0 Å². The van der Waals surface area contributed by atoms with Gasteiger partial charge in [-0.2, -0.15) is 13.2 Å². The van der Waals surface area contributed by atoms with Gasteiger partial charge in [-0.15, -0.1) is 0 Å². The molecule has 1 heterocycles. The molecule has 0 atom stereocenters. The molecule has 2 amide bonds. The van der Waals surface area contributed by atoms with E-state index in [-0.39, 0.29) is 16.3 Å². The molecule has 0 aliphatic carbocycles. The summed E-state index contributed by atoms with van der Waals surface area (Å²) >= 11 is 5.86. The molecule has 0 spiro atoms. The smallest absolute Gasteiger partial charge is 0.416 e. The molecule has 2 rings (SSSR count). The molecule has 27 heavy (non-hydrogen) atoms. The number of alkyl halides is 3.